The minimum absolute atomic E-state index is 0.00231. The SMILES string of the molecule is C=Cc1c(C)c(C)c(C)c(C)c1C.CC(O)COC(=O)c1ccccc1C(=O)CCO.CCOC(=O)c1ccc(CC2CO2)cc1.Cc1ccc(C(=O)CCO)cc1. The largest absolute Gasteiger partial charge is 0.462 e. The number of hydrogen-bond donors (Lipinski definition) is 3. The zero-order valence-electron chi connectivity index (χ0n) is 35.2. The summed E-state index contributed by atoms with van der Waals surface area (Å²) in [6.45, 7) is 20.8. The molecule has 1 aliphatic rings. The van der Waals surface area contributed by atoms with E-state index >= 15 is 0 Å². The highest BCUT2D eigenvalue weighted by Crippen LogP contribution is 2.26. The van der Waals surface area contributed by atoms with Crippen molar-refractivity contribution in [1.82, 2.24) is 0 Å². The molecule has 0 bridgehead atoms. The number of Topliss-reactive ketones (excluding diaryl/α,β-unsaturated/α-hetero) is 2. The molecule has 0 saturated carbocycles. The number of aliphatic hydroxyl groups is 3. The van der Waals surface area contributed by atoms with Gasteiger partial charge in [0.2, 0.25) is 0 Å². The molecule has 0 amide bonds. The molecule has 10 heteroatoms. The van der Waals surface area contributed by atoms with Crippen molar-refractivity contribution in [1.29, 1.82) is 0 Å². The van der Waals surface area contributed by atoms with Crippen molar-refractivity contribution >= 4 is 29.6 Å². The summed E-state index contributed by atoms with van der Waals surface area (Å²) in [7, 11) is 0. The molecule has 3 N–H and O–H groups in total. The van der Waals surface area contributed by atoms with Crippen LogP contribution in [0, 0.1) is 41.5 Å². The fourth-order valence-corrected chi connectivity index (χ4v) is 5.68. The Kier molecular flexibility index (Phi) is 21.2. The Labute approximate surface area is 343 Å². The average Bonchev–Trinajstić information content (AvgIpc) is 4.04. The molecular weight excluding hydrogens is 737 g/mol. The maximum Gasteiger partial charge on any atom is 0.338 e. The van der Waals surface area contributed by atoms with Crippen LogP contribution in [0.5, 0.6) is 0 Å². The van der Waals surface area contributed by atoms with E-state index in [9.17, 15) is 19.2 Å². The van der Waals surface area contributed by atoms with Gasteiger partial charge in [-0.05, 0) is 113 Å². The molecule has 0 aliphatic carbocycles. The lowest BCUT2D eigenvalue weighted by Gasteiger charge is -2.15. The first kappa shape index (κ1) is 48.9. The Morgan fingerprint density at radius 3 is 1.71 bits per heavy atom. The van der Waals surface area contributed by atoms with Gasteiger partial charge in [-0.15, -0.1) is 0 Å². The zero-order valence-corrected chi connectivity index (χ0v) is 35.2. The number of carbonyl (C=O) groups is 4. The summed E-state index contributed by atoms with van der Waals surface area (Å²) < 4.78 is 14.9. The van der Waals surface area contributed by atoms with Crippen LogP contribution in [0.2, 0.25) is 0 Å². The van der Waals surface area contributed by atoms with Gasteiger partial charge in [-0.25, -0.2) is 9.59 Å². The van der Waals surface area contributed by atoms with Gasteiger partial charge in [-0.1, -0.05) is 72.8 Å². The third kappa shape index (κ3) is 15.9. The maximum atomic E-state index is 11.7. The third-order valence-electron chi connectivity index (χ3n) is 9.55. The van der Waals surface area contributed by atoms with Gasteiger partial charge in [0.25, 0.3) is 0 Å². The van der Waals surface area contributed by atoms with Crippen LogP contribution >= 0.6 is 0 Å². The summed E-state index contributed by atoms with van der Waals surface area (Å²) in [4.78, 5) is 46.0. The summed E-state index contributed by atoms with van der Waals surface area (Å²) >= 11 is 0. The van der Waals surface area contributed by atoms with Gasteiger partial charge < -0.3 is 29.5 Å². The Morgan fingerprint density at radius 1 is 0.724 bits per heavy atom. The van der Waals surface area contributed by atoms with Crippen LogP contribution in [0.15, 0.2) is 79.4 Å². The van der Waals surface area contributed by atoms with Gasteiger partial charge in [0, 0.05) is 30.4 Å². The normalized spacial score (nSPS) is 12.8. The number of benzene rings is 4. The molecular formula is C48H60O10. The molecule has 10 nitrogen and oxygen atoms in total. The van der Waals surface area contributed by atoms with E-state index in [2.05, 4.69) is 41.2 Å². The molecule has 58 heavy (non-hydrogen) atoms. The highest BCUT2D eigenvalue weighted by Gasteiger charge is 2.22. The van der Waals surface area contributed by atoms with E-state index < -0.39 is 12.1 Å². The van der Waals surface area contributed by atoms with E-state index in [1.54, 1.807) is 43.3 Å². The Balaban J connectivity index is 0.000000270. The smallest absolute Gasteiger partial charge is 0.338 e. The lowest BCUT2D eigenvalue weighted by Crippen LogP contribution is -2.18. The Bertz CT molecular complexity index is 1930. The Hall–Kier alpha value is -5.26. The second kappa shape index (κ2) is 25.2. The minimum Gasteiger partial charge on any atom is -0.462 e. The fourth-order valence-electron chi connectivity index (χ4n) is 5.68. The fraction of sp³-hybridized carbons (Fsp3) is 0.375. The number of aryl methyl sites for hydroxylation is 1. The van der Waals surface area contributed by atoms with Crippen LogP contribution in [0.25, 0.3) is 6.08 Å². The molecule has 0 radical (unpaired) electrons. The predicted octanol–water partition coefficient (Wildman–Crippen LogP) is 8.03. The van der Waals surface area contributed by atoms with E-state index in [0.29, 0.717) is 23.8 Å². The van der Waals surface area contributed by atoms with E-state index in [1.165, 1.54) is 58.0 Å². The molecule has 1 heterocycles. The van der Waals surface area contributed by atoms with E-state index in [-0.39, 0.29) is 61.3 Å². The second-order valence-corrected chi connectivity index (χ2v) is 14.0. The van der Waals surface area contributed by atoms with Crippen molar-refractivity contribution in [2.24, 2.45) is 0 Å². The van der Waals surface area contributed by atoms with Crippen molar-refractivity contribution in [2.75, 3.05) is 33.0 Å². The van der Waals surface area contributed by atoms with Crippen molar-refractivity contribution in [3.05, 3.63) is 146 Å². The van der Waals surface area contributed by atoms with Crippen molar-refractivity contribution in [2.45, 2.75) is 86.9 Å². The molecule has 0 spiro atoms. The molecule has 1 saturated heterocycles. The second-order valence-electron chi connectivity index (χ2n) is 14.0. The van der Waals surface area contributed by atoms with Gasteiger partial charge in [0.05, 0.1) is 49.8 Å². The summed E-state index contributed by atoms with van der Waals surface area (Å²) in [6, 6.07) is 21.1. The third-order valence-corrected chi connectivity index (χ3v) is 9.55. The lowest BCUT2D eigenvalue weighted by molar-refractivity contribution is 0.0294. The van der Waals surface area contributed by atoms with E-state index in [1.807, 2.05) is 37.3 Å². The number of esters is 2. The summed E-state index contributed by atoms with van der Waals surface area (Å²) in [5, 5.41) is 26.3. The standard InChI is InChI=1S/C13H16O5.C13H18.C12H14O3.C10H12O2/c1-9(15)8-18-13(17)11-5-3-2-4-10(11)12(16)6-7-14;1-7-13-11(5)9(3)8(2)10(4)12(13)6;1-2-14-12(13)10-5-3-9(4-6-10)7-11-8-15-11;1-8-2-4-9(5-3-8)10(12)6-7-11/h2-5,9,14-15H,6-8H2,1H3;7H,1H2,2-6H3;3-6,11H,2,7-8H2,1H3;2-5,11H,6-7H2,1H3. The topological polar surface area (TPSA) is 160 Å². The van der Waals surface area contributed by atoms with Crippen molar-refractivity contribution in [3.63, 3.8) is 0 Å². The minimum atomic E-state index is -0.755. The number of ketones is 2. The van der Waals surface area contributed by atoms with Gasteiger partial charge in [-0.2, -0.15) is 0 Å². The lowest BCUT2D eigenvalue weighted by atomic mass is 9.90. The number of epoxide rings is 1. The summed E-state index contributed by atoms with van der Waals surface area (Å²) in [6.07, 6.45) is 2.70. The number of rotatable bonds is 14. The molecule has 5 rings (SSSR count). The van der Waals surface area contributed by atoms with Crippen LogP contribution in [-0.2, 0) is 20.6 Å². The molecule has 2 atom stereocenters. The molecule has 1 aliphatic heterocycles. The number of hydrogen-bond acceptors (Lipinski definition) is 10. The number of carbonyl (C=O) groups excluding carboxylic acids is 4. The van der Waals surface area contributed by atoms with Crippen LogP contribution in [0.4, 0.5) is 0 Å². The molecule has 4 aromatic rings. The monoisotopic (exact) mass is 796 g/mol. The molecule has 1 fully saturated rings. The number of ether oxygens (including phenoxy) is 3. The van der Waals surface area contributed by atoms with Crippen molar-refractivity contribution < 1.29 is 48.7 Å². The first-order valence-electron chi connectivity index (χ1n) is 19.5. The van der Waals surface area contributed by atoms with Crippen LogP contribution in [0.1, 0.15) is 113 Å². The van der Waals surface area contributed by atoms with Crippen molar-refractivity contribution in [3.8, 4) is 0 Å². The Morgan fingerprint density at radius 2 is 1.22 bits per heavy atom. The first-order valence-corrected chi connectivity index (χ1v) is 19.5. The van der Waals surface area contributed by atoms with E-state index in [0.717, 1.165) is 18.6 Å². The molecule has 4 aromatic carbocycles. The first-order chi connectivity index (χ1) is 27.6. The average molecular weight is 797 g/mol. The van der Waals surface area contributed by atoms with Gasteiger partial charge >= 0.3 is 11.9 Å². The highest BCUT2D eigenvalue weighted by atomic mass is 16.6. The zero-order chi connectivity index (χ0) is 43.4. The maximum absolute atomic E-state index is 11.7. The van der Waals surface area contributed by atoms with Crippen LogP contribution in [0.3, 0.4) is 0 Å². The van der Waals surface area contributed by atoms with Gasteiger partial charge in [0.1, 0.15) is 6.61 Å². The molecule has 0 aromatic heterocycles. The highest BCUT2D eigenvalue weighted by molar-refractivity contribution is 6.06. The summed E-state index contributed by atoms with van der Waals surface area (Å²) in [5.74, 6) is -1.23. The van der Waals surface area contributed by atoms with Crippen LogP contribution in [-0.4, -0.2) is 84.1 Å². The summed E-state index contributed by atoms with van der Waals surface area (Å²) in [5.41, 5.74) is 12.3. The molecule has 312 valence electrons. The van der Waals surface area contributed by atoms with Crippen LogP contribution < -0.4 is 0 Å². The quantitative estimate of drug-likeness (QED) is 0.0648. The van der Waals surface area contributed by atoms with Gasteiger partial charge in [0.15, 0.2) is 11.6 Å². The molecule has 2 unspecified atom stereocenters. The van der Waals surface area contributed by atoms with Gasteiger partial charge in [-0.3, -0.25) is 9.59 Å². The number of aliphatic hydroxyl groups excluding tert-OH is 3. The van der Waals surface area contributed by atoms with E-state index in [4.69, 9.17) is 29.5 Å². The predicted molar refractivity (Wildman–Crippen MR) is 228 cm³/mol.